The molecule has 0 aliphatic carbocycles. The quantitative estimate of drug-likeness (QED) is 0.399. The number of nitrogens with zero attached hydrogens (tertiary/aromatic N) is 3. The summed E-state index contributed by atoms with van der Waals surface area (Å²) in [5.74, 6) is 0. The van der Waals surface area contributed by atoms with E-state index in [1.807, 2.05) is 41.8 Å². The number of para-hydroxylation sites is 1. The summed E-state index contributed by atoms with van der Waals surface area (Å²) in [4.78, 5) is 4.47. The van der Waals surface area contributed by atoms with Crippen LogP contribution >= 0.6 is 11.3 Å². The second-order valence-electron chi connectivity index (χ2n) is 6.71. The van der Waals surface area contributed by atoms with E-state index in [-0.39, 0.29) is 0 Å². The van der Waals surface area contributed by atoms with Gasteiger partial charge in [-0.15, -0.1) is 11.3 Å². The van der Waals surface area contributed by atoms with E-state index in [0.29, 0.717) is 0 Å². The lowest BCUT2D eigenvalue weighted by atomic mass is 10.0. The third kappa shape index (κ3) is 2.27. The predicted molar refractivity (Wildman–Crippen MR) is 115 cm³/mol. The molecule has 0 aliphatic rings. The van der Waals surface area contributed by atoms with Crippen LogP contribution in [0.3, 0.4) is 0 Å². The third-order valence-electron chi connectivity index (χ3n) is 5.10. The maximum atomic E-state index is 4.49. The van der Waals surface area contributed by atoms with Crippen LogP contribution in [-0.2, 0) is 0 Å². The number of nitrogens with one attached hydrogen (secondary N) is 1. The van der Waals surface area contributed by atoms with Crippen molar-refractivity contribution >= 4 is 42.4 Å². The van der Waals surface area contributed by atoms with Gasteiger partial charge in [-0.3, -0.25) is 4.98 Å². The molecule has 1 N–H and O–H groups in total. The normalized spacial score (nSPS) is 11.6. The van der Waals surface area contributed by atoms with Crippen LogP contribution < -0.4 is 0 Å². The summed E-state index contributed by atoms with van der Waals surface area (Å²) in [5, 5.41) is 15.4. The first-order valence-corrected chi connectivity index (χ1v) is 9.87. The highest BCUT2D eigenvalue weighted by atomic mass is 32.1. The Morgan fingerprint density at radius 3 is 2.43 bits per heavy atom. The van der Waals surface area contributed by atoms with Crippen molar-refractivity contribution in [1.82, 2.24) is 20.4 Å². The maximum absolute atomic E-state index is 4.49. The van der Waals surface area contributed by atoms with Crippen molar-refractivity contribution in [1.29, 1.82) is 0 Å². The fourth-order valence-electron chi connectivity index (χ4n) is 3.80. The van der Waals surface area contributed by atoms with Crippen LogP contribution in [0.2, 0.25) is 0 Å². The van der Waals surface area contributed by atoms with Crippen LogP contribution in [0.15, 0.2) is 79.0 Å². The standard InChI is InChI=1S/C23H14N4S/c1-3-7-19-15(5-1)17(11-12-24-19)23-22(25-27-26-23)14-9-10-21-18(13-14)16-6-2-4-8-20(16)28-21/h1-13H,(H,25,26,27). The Balaban J connectivity index is 1.59. The summed E-state index contributed by atoms with van der Waals surface area (Å²) in [7, 11) is 0. The van der Waals surface area contributed by atoms with Gasteiger partial charge < -0.3 is 0 Å². The van der Waals surface area contributed by atoms with E-state index in [0.717, 1.165) is 33.4 Å². The molecule has 5 heteroatoms. The van der Waals surface area contributed by atoms with E-state index in [1.165, 1.54) is 20.2 Å². The molecule has 0 radical (unpaired) electrons. The number of pyridine rings is 1. The van der Waals surface area contributed by atoms with Gasteiger partial charge in [-0.2, -0.15) is 15.4 Å². The molecular formula is C23H14N4S. The monoisotopic (exact) mass is 378 g/mol. The molecular weight excluding hydrogens is 364 g/mol. The Bertz CT molecular complexity index is 1470. The van der Waals surface area contributed by atoms with Crippen LogP contribution in [0, 0.1) is 0 Å². The Morgan fingerprint density at radius 1 is 0.679 bits per heavy atom. The van der Waals surface area contributed by atoms with Crippen LogP contribution in [0.1, 0.15) is 0 Å². The molecule has 3 heterocycles. The molecule has 0 atom stereocenters. The van der Waals surface area contributed by atoms with Gasteiger partial charge in [0.1, 0.15) is 11.4 Å². The van der Waals surface area contributed by atoms with Gasteiger partial charge in [0.25, 0.3) is 0 Å². The molecule has 6 rings (SSSR count). The molecule has 0 aliphatic heterocycles. The molecule has 0 fully saturated rings. The van der Waals surface area contributed by atoms with Crippen LogP contribution in [0.5, 0.6) is 0 Å². The van der Waals surface area contributed by atoms with Gasteiger partial charge >= 0.3 is 0 Å². The molecule has 0 amide bonds. The summed E-state index contributed by atoms with van der Waals surface area (Å²) in [6, 6.07) is 25.2. The third-order valence-corrected chi connectivity index (χ3v) is 6.25. The minimum absolute atomic E-state index is 0.845. The van der Waals surface area contributed by atoms with E-state index in [4.69, 9.17) is 0 Å². The average Bonchev–Trinajstić information content (AvgIpc) is 3.37. The van der Waals surface area contributed by atoms with Crippen molar-refractivity contribution in [3.8, 4) is 22.5 Å². The molecule has 3 aromatic heterocycles. The number of rotatable bonds is 2. The smallest absolute Gasteiger partial charge is 0.121 e. The number of aromatic amines is 1. The second-order valence-corrected chi connectivity index (χ2v) is 7.79. The van der Waals surface area contributed by atoms with Gasteiger partial charge in [0.2, 0.25) is 0 Å². The number of hydrogen-bond donors (Lipinski definition) is 1. The van der Waals surface area contributed by atoms with Gasteiger partial charge in [-0.25, -0.2) is 0 Å². The molecule has 4 nitrogen and oxygen atoms in total. The lowest BCUT2D eigenvalue weighted by Gasteiger charge is -2.05. The molecule has 0 spiro atoms. The van der Waals surface area contributed by atoms with Crippen molar-refractivity contribution < 1.29 is 0 Å². The summed E-state index contributed by atoms with van der Waals surface area (Å²) >= 11 is 1.82. The highest BCUT2D eigenvalue weighted by Gasteiger charge is 2.16. The number of fused-ring (bicyclic) bond motifs is 4. The fraction of sp³-hybridized carbons (Fsp3) is 0. The van der Waals surface area contributed by atoms with Crippen molar-refractivity contribution in [3.05, 3.63) is 79.0 Å². The van der Waals surface area contributed by atoms with Gasteiger partial charge in [-0.1, -0.05) is 42.5 Å². The minimum Gasteiger partial charge on any atom is -0.256 e. The fourth-order valence-corrected chi connectivity index (χ4v) is 4.88. The second kappa shape index (κ2) is 5.97. The number of H-pyrrole nitrogens is 1. The SMILES string of the molecule is c1ccc2c(-c3n[nH]nc3-c3ccc4sc5ccccc5c4c3)ccnc2c1. The molecule has 0 bridgehead atoms. The van der Waals surface area contributed by atoms with Gasteiger partial charge in [-0.05, 0) is 30.3 Å². The zero-order valence-corrected chi connectivity index (χ0v) is 15.6. The average molecular weight is 378 g/mol. The Morgan fingerprint density at radius 2 is 1.46 bits per heavy atom. The first-order chi connectivity index (χ1) is 13.9. The van der Waals surface area contributed by atoms with E-state index in [1.54, 1.807) is 0 Å². The molecule has 0 saturated carbocycles. The highest BCUT2D eigenvalue weighted by molar-refractivity contribution is 7.25. The first-order valence-electron chi connectivity index (χ1n) is 9.05. The largest absolute Gasteiger partial charge is 0.256 e. The van der Waals surface area contributed by atoms with Gasteiger partial charge in [0.15, 0.2) is 0 Å². The summed E-state index contributed by atoms with van der Waals surface area (Å²) < 4.78 is 2.58. The Hall–Kier alpha value is -3.57. The highest BCUT2D eigenvalue weighted by Crippen LogP contribution is 2.38. The van der Waals surface area contributed by atoms with E-state index < -0.39 is 0 Å². The molecule has 28 heavy (non-hydrogen) atoms. The van der Waals surface area contributed by atoms with Crippen LogP contribution in [-0.4, -0.2) is 20.4 Å². The topological polar surface area (TPSA) is 54.5 Å². The Kier molecular flexibility index (Phi) is 3.30. The minimum atomic E-state index is 0.845. The molecule has 6 aromatic rings. The van der Waals surface area contributed by atoms with Crippen molar-refractivity contribution in [3.63, 3.8) is 0 Å². The maximum Gasteiger partial charge on any atom is 0.121 e. The van der Waals surface area contributed by atoms with E-state index >= 15 is 0 Å². The summed E-state index contributed by atoms with van der Waals surface area (Å²) in [6.07, 6.45) is 1.83. The van der Waals surface area contributed by atoms with Crippen molar-refractivity contribution in [2.45, 2.75) is 0 Å². The van der Waals surface area contributed by atoms with Crippen LogP contribution in [0.4, 0.5) is 0 Å². The first kappa shape index (κ1) is 15.5. The van der Waals surface area contributed by atoms with E-state index in [9.17, 15) is 0 Å². The number of hydrogen-bond acceptors (Lipinski definition) is 4. The zero-order chi connectivity index (χ0) is 18.5. The lowest BCUT2D eigenvalue weighted by Crippen LogP contribution is -1.87. The lowest BCUT2D eigenvalue weighted by molar-refractivity contribution is 0.944. The summed E-state index contributed by atoms with van der Waals surface area (Å²) in [6.45, 7) is 0. The van der Waals surface area contributed by atoms with Crippen LogP contribution in [0.25, 0.3) is 53.6 Å². The molecule has 0 unspecified atom stereocenters. The molecule has 132 valence electrons. The van der Waals surface area contributed by atoms with Gasteiger partial charge in [0.05, 0.1) is 5.52 Å². The molecule has 0 saturated heterocycles. The summed E-state index contributed by atoms with van der Waals surface area (Å²) in [5.41, 5.74) is 4.74. The zero-order valence-electron chi connectivity index (χ0n) is 14.8. The number of thiophene rings is 1. The van der Waals surface area contributed by atoms with Crippen molar-refractivity contribution in [2.75, 3.05) is 0 Å². The van der Waals surface area contributed by atoms with Gasteiger partial charge in [0, 0.05) is 42.9 Å². The number of aromatic nitrogens is 4. The molecule has 3 aromatic carbocycles. The van der Waals surface area contributed by atoms with Crippen molar-refractivity contribution in [2.24, 2.45) is 0 Å². The number of benzene rings is 3. The Labute approximate surface area is 164 Å². The van der Waals surface area contributed by atoms with E-state index in [2.05, 4.69) is 68.9 Å². The predicted octanol–water partition coefficient (Wildman–Crippen LogP) is 6.05.